The van der Waals surface area contributed by atoms with Gasteiger partial charge in [0.15, 0.2) is 17.2 Å². The molecule has 0 amide bonds. The predicted molar refractivity (Wildman–Crippen MR) is 91.7 cm³/mol. The Hall–Kier alpha value is -2.93. The molecular weight excluding hydrogens is 368 g/mol. The van der Waals surface area contributed by atoms with Gasteiger partial charge in [0.25, 0.3) is 0 Å². The van der Waals surface area contributed by atoms with Crippen LogP contribution in [-0.2, 0) is 9.53 Å². The molecule has 0 atom stereocenters. The molecule has 26 heavy (non-hydrogen) atoms. The highest BCUT2D eigenvalue weighted by atomic mass is 35.5. The van der Waals surface area contributed by atoms with Crippen LogP contribution in [0.1, 0.15) is 11.1 Å². The lowest BCUT2D eigenvalue weighted by molar-refractivity contribution is -0.129. The monoisotopic (exact) mass is 379 g/mol. The Morgan fingerprint density at radius 3 is 2.69 bits per heavy atom. The van der Waals surface area contributed by atoms with Crippen molar-refractivity contribution in [3.8, 4) is 11.5 Å². The number of halogens is 3. The van der Waals surface area contributed by atoms with Crippen molar-refractivity contribution in [1.29, 1.82) is 0 Å². The first kappa shape index (κ1) is 17.9. The summed E-state index contributed by atoms with van der Waals surface area (Å²) in [5.74, 6) is -0.507. The molecule has 0 aromatic heterocycles. The molecule has 0 aliphatic carbocycles. The number of aliphatic imine (C=N–C) groups is 1. The van der Waals surface area contributed by atoms with Gasteiger partial charge in [-0.3, -0.25) is 0 Å². The summed E-state index contributed by atoms with van der Waals surface area (Å²) < 4.78 is 39.3. The highest BCUT2D eigenvalue weighted by Gasteiger charge is 2.24. The van der Waals surface area contributed by atoms with Gasteiger partial charge in [-0.1, -0.05) is 23.7 Å². The number of alkyl halides is 2. The first-order valence-corrected chi connectivity index (χ1v) is 7.75. The smallest absolute Gasteiger partial charge is 0.387 e. The zero-order valence-corrected chi connectivity index (χ0v) is 14.2. The standard InChI is InChI=1S/C18H12ClF2NO4/c1-24-15-8-10(5-6-14(15)25-18(20)21)7-13-17(23)26-16(22-13)11-3-2-4-12(19)9-11/h2-9,18H,1H3. The van der Waals surface area contributed by atoms with Crippen molar-refractivity contribution in [3.05, 3.63) is 64.3 Å². The summed E-state index contributed by atoms with van der Waals surface area (Å²) in [6, 6.07) is 11.0. The van der Waals surface area contributed by atoms with E-state index in [1.165, 1.54) is 31.4 Å². The quantitative estimate of drug-likeness (QED) is 0.574. The molecule has 3 rings (SSSR count). The van der Waals surface area contributed by atoms with E-state index in [2.05, 4.69) is 9.73 Å². The number of hydrogen-bond acceptors (Lipinski definition) is 5. The zero-order chi connectivity index (χ0) is 18.7. The van der Waals surface area contributed by atoms with Gasteiger partial charge < -0.3 is 14.2 Å². The number of esters is 1. The third-order valence-electron chi connectivity index (χ3n) is 3.40. The van der Waals surface area contributed by atoms with Crippen LogP contribution in [0.4, 0.5) is 8.78 Å². The molecule has 0 spiro atoms. The normalized spacial score (nSPS) is 15.2. The zero-order valence-electron chi connectivity index (χ0n) is 13.4. The molecule has 1 aliphatic heterocycles. The number of rotatable bonds is 5. The fraction of sp³-hybridized carbons (Fsp3) is 0.111. The van der Waals surface area contributed by atoms with Gasteiger partial charge >= 0.3 is 12.6 Å². The van der Waals surface area contributed by atoms with Crippen LogP contribution >= 0.6 is 11.6 Å². The maximum Gasteiger partial charge on any atom is 0.387 e. The summed E-state index contributed by atoms with van der Waals surface area (Å²) in [6.45, 7) is -2.97. The number of ether oxygens (including phenoxy) is 3. The van der Waals surface area contributed by atoms with Gasteiger partial charge in [0.2, 0.25) is 5.90 Å². The molecule has 8 heteroatoms. The second-order valence-electron chi connectivity index (χ2n) is 5.14. The third-order valence-corrected chi connectivity index (χ3v) is 3.63. The average molecular weight is 380 g/mol. The average Bonchev–Trinajstić information content (AvgIpc) is 2.96. The SMILES string of the molecule is COc1cc(C=C2N=C(c3cccc(Cl)c3)OC2=O)ccc1OC(F)F. The topological polar surface area (TPSA) is 57.1 Å². The number of carbonyl (C=O) groups excluding carboxylic acids is 1. The van der Waals surface area contributed by atoms with Crippen molar-refractivity contribution in [2.24, 2.45) is 4.99 Å². The minimum Gasteiger partial charge on any atom is -0.493 e. The molecule has 0 bridgehead atoms. The molecular formula is C18H12ClF2NO4. The Balaban J connectivity index is 1.90. The van der Waals surface area contributed by atoms with Crippen molar-refractivity contribution < 1.29 is 27.8 Å². The van der Waals surface area contributed by atoms with Crippen molar-refractivity contribution in [1.82, 2.24) is 0 Å². The molecule has 2 aromatic carbocycles. The Kier molecular flexibility index (Phi) is 5.18. The molecule has 0 saturated heterocycles. The molecule has 0 unspecified atom stereocenters. The number of hydrogen-bond donors (Lipinski definition) is 0. The maximum absolute atomic E-state index is 12.4. The molecule has 2 aromatic rings. The largest absolute Gasteiger partial charge is 0.493 e. The first-order chi connectivity index (χ1) is 12.5. The van der Waals surface area contributed by atoms with Crippen LogP contribution in [0.5, 0.6) is 11.5 Å². The Bertz CT molecular complexity index is 912. The number of carbonyl (C=O) groups is 1. The van der Waals surface area contributed by atoms with Crippen molar-refractivity contribution >= 4 is 29.5 Å². The summed E-state index contributed by atoms with van der Waals surface area (Å²) in [7, 11) is 1.32. The highest BCUT2D eigenvalue weighted by Crippen LogP contribution is 2.31. The van der Waals surface area contributed by atoms with E-state index in [0.717, 1.165) is 0 Å². The highest BCUT2D eigenvalue weighted by molar-refractivity contribution is 6.31. The van der Waals surface area contributed by atoms with Crippen molar-refractivity contribution in [2.75, 3.05) is 7.11 Å². The van der Waals surface area contributed by atoms with Gasteiger partial charge in [-0.25, -0.2) is 9.79 Å². The second kappa shape index (κ2) is 7.53. The molecule has 0 radical (unpaired) electrons. The maximum atomic E-state index is 12.4. The molecule has 0 N–H and O–H groups in total. The van der Waals surface area contributed by atoms with E-state index >= 15 is 0 Å². The van der Waals surface area contributed by atoms with E-state index in [9.17, 15) is 13.6 Å². The molecule has 0 saturated carbocycles. The van der Waals surface area contributed by atoms with Gasteiger partial charge in [0.05, 0.1) is 7.11 Å². The fourth-order valence-corrected chi connectivity index (χ4v) is 2.47. The van der Waals surface area contributed by atoms with Gasteiger partial charge in [-0.2, -0.15) is 8.78 Å². The minimum absolute atomic E-state index is 0.0598. The van der Waals surface area contributed by atoms with E-state index < -0.39 is 12.6 Å². The summed E-state index contributed by atoms with van der Waals surface area (Å²) in [4.78, 5) is 16.2. The van der Waals surface area contributed by atoms with E-state index in [-0.39, 0.29) is 23.1 Å². The summed E-state index contributed by atoms with van der Waals surface area (Å²) >= 11 is 5.92. The number of benzene rings is 2. The van der Waals surface area contributed by atoms with Crippen LogP contribution in [0.25, 0.3) is 6.08 Å². The van der Waals surface area contributed by atoms with Crippen LogP contribution in [0, 0.1) is 0 Å². The van der Waals surface area contributed by atoms with Gasteiger partial charge in [0.1, 0.15) is 0 Å². The van der Waals surface area contributed by atoms with Gasteiger partial charge in [-0.05, 0) is 42.0 Å². The van der Waals surface area contributed by atoms with E-state index in [1.807, 2.05) is 0 Å². The lowest BCUT2D eigenvalue weighted by Crippen LogP contribution is -2.05. The lowest BCUT2D eigenvalue weighted by atomic mass is 10.1. The third kappa shape index (κ3) is 4.00. The van der Waals surface area contributed by atoms with E-state index in [4.69, 9.17) is 21.1 Å². The summed E-state index contributed by atoms with van der Waals surface area (Å²) in [6.07, 6.45) is 1.45. The number of nitrogens with zero attached hydrogens (tertiary/aromatic N) is 1. The number of methoxy groups -OCH3 is 1. The van der Waals surface area contributed by atoms with Crippen LogP contribution in [-0.4, -0.2) is 25.6 Å². The molecule has 1 aliphatic rings. The Labute approximate surface area is 152 Å². The summed E-state index contributed by atoms with van der Waals surface area (Å²) in [5.41, 5.74) is 1.13. The van der Waals surface area contributed by atoms with E-state index in [0.29, 0.717) is 16.1 Å². The molecule has 1 heterocycles. The number of cyclic esters (lactones) is 1. The Morgan fingerprint density at radius 1 is 1.19 bits per heavy atom. The van der Waals surface area contributed by atoms with Crippen LogP contribution in [0.2, 0.25) is 5.02 Å². The first-order valence-electron chi connectivity index (χ1n) is 7.37. The van der Waals surface area contributed by atoms with Gasteiger partial charge in [0, 0.05) is 10.6 Å². The minimum atomic E-state index is -2.97. The fourth-order valence-electron chi connectivity index (χ4n) is 2.28. The van der Waals surface area contributed by atoms with Gasteiger partial charge in [-0.15, -0.1) is 0 Å². The second-order valence-corrected chi connectivity index (χ2v) is 5.57. The van der Waals surface area contributed by atoms with Crippen LogP contribution in [0.3, 0.4) is 0 Å². The molecule has 5 nitrogen and oxygen atoms in total. The predicted octanol–water partition coefficient (Wildman–Crippen LogP) is 4.29. The molecule has 134 valence electrons. The van der Waals surface area contributed by atoms with Crippen molar-refractivity contribution in [2.45, 2.75) is 6.61 Å². The Morgan fingerprint density at radius 2 is 2.00 bits per heavy atom. The van der Waals surface area contributed by atoms with E-state index in [1.54, 1.807) is 24.3 Å². The molecule has 0 fully saturated rings. The summed E-state index contributed by atoms with van der Waals surface area (Å²) in [5, 5.41) is 0.484. The van der Waals surface area contributed by atoms with Crippen molar-refractivity contribution in [3.63, 3.8) is 0 Å². The van der Waals surface area contributed by atoms with Crippen LogP contribution in [0.15, 0.2) is 53.2 Å². The van der Waals surface area contributed by atoms with Crippen LogP contribution < -0.4 is 9.47 Å². The lowest BCUT2D eigenvalue weighted by Gasteiger charge is -2.10.